The summed E-state index contributed by atoms with van der Waals surface area (Å²) in [7, 11) is 0. The predicted molar refractivity (Wildman–Crippen MR) is 279 cm³/mol. The molecule has 0 unspecified atom stereocenters. The third kappa shape index (κ3) is 6.65. The van der Waals surface area contributed by atoms with Crippen molar-refractivity contribution in [2.24, 2.45) is 0 Å². The van der Waals surface area contributed by atoms with Gasteiger partial charge in [-0.25, -0.2) is 9.97 Å². The molecule has 0 amide bonds. The molecule has 0 spiro atoms. The molecule has 4 heteroatoms. The van der Waals surface area contributed by atoms with Crippen molar-refractivity contribution in [1.29, 1.82) is 0 Å². The van der Waals surface area contributed by atoms with Crippen LogP contribution >= 0.6 is 0 Å². The SMILES string of the molecule is c1ccc(-c2cc(-c3ccc4cc(-c5ccc6c(c5)c5cnccc5n6-c5ccccc5)ccc4c3)nc(-c3cccc(-c4c5ccccc5c(-c5ccccc5)c5ccccc45)c3)n2)cc1. The molecule has 312 valence electrons. The van der Waals surface area contributed by atoms with Crippen molar-refractivity contribution in [1.82, 2.24) is 19.5 Å². The number of hydrogen-bond acceptors (Lipinski definition) is 3. The fourth-order valence-corrected chi connectivity index (χ4v) is 10.1. The van der Waals surface area contributed by atoms with E-state index in [2.05, 4.69) is 234 Å². The summed E-state index contributed by atoms with van der Waals surface area (Å²) in [6.07, 6.45) is 3.85. The topological polar surface area (TPSA) is 43.6 Å². The van der Waals surface area contributed by atoms with Crippen LogP contribution in [0.2, 0.25) is 0 Å². The predicted octanol–water partition coefficient (Wildman–Crippen LogP) is 16.4. The van der Waals surface area contributed by atoms with E-state index in [9.17, 15) is 0 Å². The second-order valence-electron chi connectivity index (χ2n) is 17.2. The Morgan fingerprint density at radius 3 is 1.49 bits per heavy atom. The highest BCUT2D eigenvalue weighted by atomic mass is 15.0. The van der Waals surface area contributed by atoms with Gasteiger partial charge in [0, 0.05) is 45.5 Å². The van der Waals surface area contributed by atoms with Crippen LogP contribution in [-0.4, -0.2) is 19.5 Å². The van der Waals surface area contributed by atoms with Crippen LogP contribution in [0, 0.1) is 0 Å². The molecule has 4 nitrogen and oxygen atoms in total. The van der Waals surface area contributed by atoms with Crippen molar-refractivity contribution in [2.45, 2.75) is 0 Å². The Hall–Kier alpha value is -8.99. The van der Waals surface area contributed by atoms with Crippen LogP contribution in [0.4, 0.5) is 0 Å². The average molecular weight is 853 g/mol. The van der Waals surface area contributed by atoms with Crippen LogP contribution in [-0.2, 0) is 0 Å². The molecule has 0 fully saturated rings. The third-order valence-electron chi connectivity index (χ3n) is 13.2. The summed E-state index contributed by atoms with van der Waals surface area (Å²) in [4.78, 5) is 15.1. The van der Waals surface area contributed by atoms with Crippen molar-refractivity contribution < 1.29 is 0 Å². The summed E-state index contributed by atoms with van der Waals surface area (Å²) >= 11 is 0. The summed E-state index contributed by atoms with van der Waals surface area (Å²) in [6.45, 7) is 0. The smallest absolute Gasteiger partial charge is 0.160 e. The highest BCUT2D eigenvalue weighted by molar-refractivity contribution is 6.21. The van der Waals surface area contributed by atoms with E-state index in [1.54, 1.807) is 0 Å². The molecular formula is C63H40N4. The van der Waals surface area contributed by atoms with Gasteiger partial charge >= 0.3 is 0 Å². The lowest BCUT2D eigenvalue weighted by Gasteiger charge is -2.18. The molecular weight excluding hydrogens is 813 g/mol. The second kappa shape index (κ2) is 15.9. The minimum atomic E-state index is 0.683. The quantitative estimate of drug-likeness (QED) is 0.150. The van der Waals surface area contributed by atoms with E-state index in [4.69, 9.17) is 9.97 Å². The van der Waals surface area contributed by atoms with Crippen molar-refractivity contribution in [2.75, 3.05) is 0 Å². The number of benzene rings is 10. The normalized spacial score (nSPS) is 11.6. The maximum atomic E-state index is 5.34. The van der Waals surface area contributed by atoms with Crippen molar-refractivity contribution in [3.8, 4) is 73.0 Å². The van der Waals surface area contributed by atoms with E-state index in [1.807, 2.05) is 18.5 Å². The Kier molecular flexibility index (Phi) is 9.14. The summed E-state index contributed by atoms with van der Waals surface area (Å²) in [6, 6.07) is 82.5. The highest BCUT2D eigenvalue weighted by Gasteiger charge is 2.19. The Morgan fingerprint density at radius 2 is 0.806 bits per heavy atom. The molecule has 13 rings (SSSR count). The summed E-state index contributed by atoms with van der Waals surface area (Å²) in [5.41, 5.74) is 15.4. The minimum Gasteiger partial charge on any atom is -0.309 e. The number of pyridine rings is 1. The van der Waals surface area contributed by atoms with Crippen LogP contribution in [0.15, 0.2) is 243 Å². The van der Waals surface area contributed by atoms with Gasteiger partial charge < -0.3 is 4.57 Å². The molecule has 0 bridgehead atoms. The zero-order valence-electron chi connectivity index (χ0n) is 36.4. The zero-order valence-corrected chi connectivity index (χ0v) is 36.4. The Labute approximate surface area is 387 Å². The second-order valence-corrected chi connectivity index (χ2v) is 17.2. The molecule has 67 heavy (non-hydrogen) atoms. The van der Waals surface area contributed by atoms with Gasteiger partial charge in [0.15, 0.2) is 5.82 Å². The van der Waals surface area contributed by atoms with E-state index in [0.717, 1.165) is 77.6 Å². The third-order valence-corrected chi connectivity index (χ3v) is 13.2. The monoisotopic (exact) mass is 852 g/mol. The first-order chi connectivity index (χ1) is 33.2. The molecule has 0 aliphatic rings. The number of hydrogen-bond donors (Lipinski definition) is 0. The lowest BCUT2D eigenvalue weighted by atomic mass is 9.85. The highest BCUT2D eigenvalue weighted by Crippen LogP contribution is 2.44. The maximum Gasteiger partial charge on any atom is 0.160 e. The van der Waals surface area contributed by atoms with Crippen LogP contribution in [0.1, 0.15) is 0 Å². The molecule has 0 radical (unpaired) electrons. The van der Waals surface area contributed by atoms with Gasteiger partial charge in [-0.15, -0.1) is 0 Å². The van der Waals surface area contributed by atoms with Crippen LogP contribution in [0.5, 0.6) is 0 Å². The number of fused-ring (bicyclic) bond motifs is 6. The molecule has 0 atom stereocenters. The van der Waals surface area contributed by atoms with Gasteiger partial charge in [-0.1, -0.05) is 176 Å². The number of nitrogens with zero attached hydrogens (tertiary/aromatic N) is 4. The molecule has 3 heterocycles. The number of aromatic nitrogens is 4. The Balaban J connectivity index is 0.909. The lowest BCUT2D eigenvalue weighted by molar-refractivity contribution is 1.17. The minimum absolute atomic E-state index is 0.683. The van der Waals surface area contributed by atoms with E-state index in [0.29, 0.717) is 5.82 Å². The van der Waals surface area contributed by atoms with Gasteiger partial charge in [-0.3, -0.25) is 4.98 Å². The molecule has 0 aliphatic carbocycles. The first-order valence-corrected chi connectivity index (χ1v) is 22.7. The largest absolute Gasteiger partial charge is 0.309 e. The van der Waals surface area contributed by atoms with E-state index in [1.165, 1.54) is 43.6 Å². The lowest BCUT2D eigenvalue weighted by Crippen LogP contribution is -1.96. The molecule has 0 N–H and O–H groups in total. The van der Waals surface area contributed by atoms with Gasteiger partial charge in [0.1, 0.15) is 0 Å². The molecule has 10 aromatic carbocycles. The summed E-state index contributed by atoms with van der Waals surface area (Å²) in [5.74, 6) is 0.683. The van der Waals surface area contributed by atoms with Gasteiger partial charge in [0.05, 0.1) is 22.4 Å². The van der Waals surface area contributed by atoms with E-state index < -0.39 is 0 Å². The van der Waals surface area contributed by atoms with Gasteiger partial charge in [-0.05, 0) is 120 Å². The average Bonchev–Trinajstić information content (AvgIpc) is 3.74. The van der Waals surface area contributed by atoms with E-state index in [-0.39, 0.29) is 0 Å². The number of para-hydroxylation sites is 1. The maximum absolute atomic E-state index is 5.34. The van der Waals surface area contributed by atoms with E-state index >= 15 is 0 Å². The van der Waals surface area contributed by atoms with Crippen molar-refractivity contribution >= 4 is 54.1 Å². The van der Waals surface area contributed by atoms with Crippen molar-refractivity contribution in [3.05, 3.63) is 243 Å². The van der Waals surface area contributed by atoms with Crippen LogP contribution < -0.4 is 0 Å². The molecule has 0 aliphatic heterocycles. The summed E-state index contributed by atoms with van der Waals surface area (Å²) in [5, 5.41) is 9.51. The Bertz CT molecular complexity index is 3970. The standard InChI is InChI=1S/C63H40N4/c1-4-15-41(16-5-1)57-39-58(47-30-29-43-35-44(27-28-45(43)36-47)46-31-32-59-55(38-46)56-40-64-34-33-60(56)67(59)50-21-8-3-9-22-50)66-63(65-57)49-20-14-19-48(37-49)62-53-25-12-10-23-51(53)61(42-17-6-2-7-18-42)52-24-11-13-26-54(52)62/h1-40H. The van der Waals surface area contributed by atoms with Crippen LogP contribution in [0.3, 0.4) is 0 Å². The zero-order chi connectivity index (χ0) is 44.3. The van der Waals surface area contributed by atoms with Crippen molar-refractivity contribution in [3.63, 3.8) is 0 Å². The van der Waals surface area contributed by atoms with Gasteiger partial charge in [0.2, 0.25) is 0 Å². The Morgan fingerprint density at radius 1 is 0.299 bits per heavy atom. The fraction of sp³-hybridized carbons (Fsp3) is 0. The molecule has 3 aromatic heterocycles. The molecule has 13 aromatic rings. The molecule has 0 saturated carbocycles. The van der Waals surface area contributed by atoms with Crippen LogP contribution in [0.25, 0.3) is 127 Å². The number of rotatable bonds is 7. The first-order valence-electron chi connectivity index (χ1n) is 22.7. The van der Waals surface area contributed by atoms with Gasteiger partial charge in [0.25, 0.3) is 0 Å². The first kappa shape index (κ1) is 38.5. The fourth-order valence-electron chi connectivity index (χ4n) is 10.1. The summed E-state index contributed by atoms with van der Waals surface area (Å²) < 4.78 is 2.32. The molecule has 0 saturated heterocycles. The van der Waals surface area contributed by atoms with Gasteiger partial charge in [-0.2, -0.15) is 0 Å².